The van der Waals surface area contributed by atoms with Gasteiger partial charge in [-0.15, -0.1) is 0 Å². The largest absolute Gasteiger partial charge is 0.460 e. The number of halogens is 6. The van der Waals surface area contributed by atoms with Gasteiger partial charge in [-0.25, -0.2) is 13.2 Å². The first-order valence-corrected chi connectivity index (χ1v) is 8.42. The van der Waals surface area contributed by atoms with Gasteiger partial charge in [0.05, 0.1) is 9.49 Å². The van der Waals surface area contributed by atoms with Crippen LogP contribution in [0.3, 0.4) is 0 Å². The van der Waals surface area contributed by atoms with Gasteiger partial charge in [-0.1, -0.05) is 37.0 Å². The summed E-state index contributed by atoms with van der Waals surface area (Å²) in [6.07, 6.45) is 1.54. The van der Waals surface area contributed by atoms with Crippen LogP contribution in [0.5, 0.6) is 0 Å². The maximum Gasteiger partial charge on any atom is 0.310 e. The SMILES string of the molecule is CC1(C)[C@H](C=C(Cl)Cl)[C@H]1C(=O)OCc1c(F)c(F)cc(F)c1I. The average molecular weight is 479 g/mol. The van der Waals surface area contributed by atoms with E-state index in [1.54, 1.807) is 6.08 Å². The fourth-order valence-electron chi connectivity index (χ4n) is 2.56. The molecule has 0 radical (unpaired) electrons. The molecule has 0 unspecified atom stereocenters. The van der Waals surface area contributed by atoms with E-state index in [0.29, 0.717) is 6.07 Å². The fourth-order valence-corrected chi connectivity index (χ4v) is 3.38. The van der Waals surface area contributed by atoms with Crippen molar-refractivity contribution < 1.29 is 22.7 Å². The first kappa shape index (κ1) is 18.9. The molecule has 0 N–H and O–H groups in total. The summed E-state index contributed by atoms with van der Waals surface area (Å²) < 4.78 is 45.4. The molecule has 0 saturated heterocycles. The predicted molar refractivity (Wildman–Crippen MR) is 89.4 cm³/mol. The number of ether oxygens (including phenoxy) is 1. The normalized spacial score (nSPS) is 21.7. The van der Waals surface area contributed by atoms with Crippen LogP contribution in [0.1, 0.15) is 19.4 Å². The maximum atomic E-state index is 13.7. The average Bonchev–Trinajstić information content (AvgIpc) is 2.96. The van der Waals surface area contributed by atoms with Crippen LogP contribution in [0.25, 0.3) is 0 Å². The zero-order chi connectivity index (χ0) is 17.5. The Balaban J connectivity index is 2.11. The summed E-state index contributed by atoms with van der Waals surface area (Å²) in [6.45, 7) is 3.13. The Morgan fingerprint density at radius 2 is 1.96 bits per heavy atom. The van der Waals surface area contributed by atoms with Crippen LogP contribution in [-0.2, 0) is 16.1 Å². The van der Waals surface area contributed by atoms with Crippen LogP contribution in [0.2, 0.25) is 0 Å². The number of benzene rings is 1. The van der Waals surface area contributed by atoms with Crippen molar-refractivity contribution in [1.29, 1.82) is 0 Å². The second-order valence-corrected chi connectivity index (χ2v) is 7.92. The lowest BCUT2D eigenvalue weighted by Crippen LogP contribution is -2.13. The topological polar surface area (TPSA) is 26.3 Å². The molecular formula is C15H12Cl2F3IO2. The van der Waals surface area contributed by atoms with Crippen molar-refractivity contribution in [2.45, 2.75) is 20.5 Å². The number of rotatable bonds is 4. The highest BCUT2D eigenvalue weighted by atomic mass is 127. The van der Waals surface area contributed by atoms with Crippen molar-refractivity contribution in [2.75, 3.05) is 0 Å². The van der Waals surface area contributed by atoms with Gasteiger partial charge in [0.2, 0.25) is 0 Å². The van der Waals surface area contributed by atoms with Crippen molar-refractivity contribution in [3.8, 4) is 0 Å². The molecule has 0 amide bonds. The van der Waals surface area contributed by atoms with Crippen molar-refractivity contribution >= 4 is 51.8 Å². The highest BCUT2D eigenvalue weighted by Crippen LogP contribution is 2.60. The van der Waals surface area contributed by atoms with Crippen LogP contribution in [-0.4, -0.2) is 5.97 Å². The summed E-state index contributed by atoms with van der Waals surface area (Å²) in [5, 5.41) is 0. The summed E-state index contributed by atoms with van der Waals surface area (Å²) in [4.78, 5) is 12.1. The van der Waals surface area contributed by atoms with Gasteiger partial charge in [0.1, 0.15) is 16.9 Å². The maximum absolute atomic E-state index is 13.7. The van der Waals surface area contributed by atoms with Crippen LogP contribution < -0.4 is 0 Å². The third-order valence-corrected chi connectivity index (χ3v) is 5.45. The summed E-state index contributed by atoms with van der Waals surface area (Å²) in [5.74, 6) is -4.74. The van der Waals surface area contributed by atoms with Crippen LogP contribution in [0.15, 0.2) is 16.6 Å². The molecule has 1 aliphatic rings. The summed E-state index contributed by atoms with van der Waals surface area (Å²) >= 11 is 12.7. The minimum absolute atomic E-state index is 0.0474. The molecule has 0 bridgehead atoms. The number of carbonyl (C=O) groups excluding carboxylic acids is 1. The lowest BCUT2D eigenvalue weighted by molar-refractivity contribution is -0.147. The molecule has 1 aliphatic carbocycles. The molecule has 2 nitrogen and oxygen atoms in total. The van der Waals surface area contributed by atoms with Gasteiger partial charge in [0, 0.05) is 11.6 Å². The molecular weight excluding hydrogens is 467 g/mol. The quantitative estimate of drug-likeness (QED) is 0.331. The van der Waals surface area contributed by atoms with Crippen LogP contribution in [0, 0.1) is 38.3 Å². The molecule has 0 heterocycles. The molecule has 1 aromatic carbocycles. The van der Waals surface area contributed by atoms with E-state index >= 15 is 0 Å². The Hall–Kier alpha value is -0.470. The zero-order valence-corrected chi connectivity index (χ0v) is 15.8. The molecule has 0 aromatic heterocycles. The molecule has 1 fully saturated rings. The lowest BCUT2D eigenvalue weighted by Gasteiger charge is -2.10. The lowest BCUT2D eigenvalue weighted by atomic mass is 10.1. The van der Waals surface area contributed by atoms with Gasteiger partial charge in [-0.3, -0.25) is 4.79 Å². The van der Waals surface area contributed by atoms with E-state index in [-0.39, 0.29) is 19.5 Å². The Morgan fingerprint density at radius 3 is 2.52 bits per heavy atom. The number of allylic oxidation sites excluding steroid dienone is 1. The Kier molecular flexibility index (Phi) is 5.58. The van der Waals surface area contributed by atoms with E-state index in [1.165, 1.54) is 22.6 Å². The molecule has 2 atom stereocenters. The van der Waals surface area contributed by atoms with Crippen LogP contribution >= 0.6 is 45.8 Å². The molecule has 1 aromatic rings. The molecule has 8 heteroatoms. The predicted octanol–water partition coefficient (Wildman–Crippen LogP) is 5.34. The third kappa shape index (κ3) is 3.79. The minimum atomic E-state index is -1.32. The first-order chi connectivity index (χ1) is 10.6. The number of carbonyl (C=O) groups is 1. The molecule has 2 rings (SSSR count). The van der Waals surface area contributed by atoms with Crippen molar-refractivity contribution in [3.63, 3.8) is 0 Å². The van der Waals surface area contributed by atoms with Gasteiger partial charge in [0.15, 0.2) is 11.6 Å². The Bertz CT molecular complexity index is 662. The van der Waals surface area contributed by atoms with Gasteiger partial charge < -0.3 is 4.74 Å². The summed E-state index contributed by atoms with van der Waals surface area (Å²) in [5.41, 5.74) is -0.720. The Labute approximate surface area is 155 Å². The number of esters is 1. The van der Waals surface area contributed by atoms with E-state index in [2.05, 4.69) is 0 Å². The first-order valence-electron chi connectivity index (χ1n) is 6.58. The van der Waals surface area contributed by atoms with E-state index in [0.717, 1.165) is 0 Å². The molecule has 23 heavy (non-hydrogen) atoms. The standard InChI is InChI=1S/C15H12Cl2F3IO2/c1-15(2)7(3-10(16)17)11(15)14(22)23-5-6-12(20)8(18)4-9(19)13(6)21/h3-4,7,11H,5H2,1-2H3/t7-,11+/m1/s1. The second-order valence-electron chi connectivity index (χ2n) is 5.84. The monoisotopic (exact) mass is 478 g/mol. The summed E-state index contributed by atoms with van der Waals surface area (Å²) in [7, 11) is 0. The molecule has 1 saturated carbocycles. The van der Waals surface area contributed by atoms with E-state index in [1.807, 2.05) is 13.8 Å². The second kappa shape index (κ2) is 6.80. The van der Waals surface area contributed by atoms with Crippen molar-refractivity contribution in [1.82, 2.24) is 0 Å². The molecule has 0 aliphatic heterocycles. The van der Waals surface area contributed by atoms with E-state index in [9.17, 15) is 18.0 Å². The highest BCUT2D eigenvalue weighted by Gasteiger charge is 2.61. The summed E-state index contributed by atoms with van der Waals surface area (Å²) in [6, 6.07) is 0.454. The molecule has 126 valence electrons. The zero-order valence-electron chi connectivity index (χ0n) is 12.1. The fraction of sp³-hybridized carbons (Fsp3) is 0.400. The minimum Gasteiger partial charge on any atom is -0.460 e. The van der Waals surface area contributed by atoms with E-state index in [4.69, 9.17) is 27.9 Å². The van der Waals surface area contributed by atoms with E-state index < -0.39 is 41.4 Å². The van der Waals surface area contributed by atoms with Gasteiger partial charge in [-0.2, -0.15) is 0 Å². The number of hydrogen-bond acceptors (Lipinski definition) is 2. The highest BCUT2D eigenvalue weighted by molar-refractivity contribution is 14.1. The van der Waals surface area contributed by atoms with Gasteiger partial charge >= 0.3 is 5.97 Å². The van der Waals surface area contributed by atoms with Gasteiger partial charge in [0.25, 0.3) is 0 Å². The number of hydrogen-bond donors (Lipinski definition) is 0. The Morgan fingerprint density at radius 1 is 1.35 bits per heavy atom. The van der Waals surface area contributed by atoms with Crippen molar-refractivity contribution in [2.24, 2.45) is 17.3 Å². The van der Waals surface area contributed by atoms with Crippen molar-refractivity contribution in [3.05, 3.63) is 43.2 Å². The smallest absolute Gasteiger partial charge is 0.310 e. The molecule has 0 spiro atoms. The third-order valence-electron chi connectivity index (χ3n) is 4.03. The van der Waals surface area contributed by atoms with Gasteiger partial charge in [-0.05, 0) is 40.0 Å². The van der Waals surface area contributed by atoms with Crippen LogP contribution in [0.4, 0.5) is 13.2 Å².